The number of benzene rings is 2. The molecule has 1 saturated heterocycles. The number of rotatable bonds is 4. The predicted octanol–water partition coefficient (Wildman–Crippen LogP) is 4.36. The van der Waals surface area contributed by atoms with Crippen molar-refractivity contribution in [1.82, 2.24) is 10.2 Å². The molecule has 4 rings (SSSR count). The van der Waals surface area contributed by atoms with E-state index in [2.05, 4.69) is 27.3 Å². The van der Waals surface area contributed by atoms with Gasteiger partial charge in [0, 0.05) is 30.0 Å². The van der Waals surface area contributed by atoms with Gasteiger partial charge in [0.2, 0.25) is 5.89 Å². The quantitative estimate of drug-likeness (QED) is 0.728. The number of nitrogens with one attached hydrogen (secondary N) is 1. The fourth-order valence-corrected chi connectivity index (χ4v) is 3.26. The van der Waals surface area contributed by atoms with Gasteiger partial charge < -0.3 is 14.6 Å². The molecule has 1 fully saturated rings. The Bertz CT molecular complexity index is 963. The second-order valence-electron chi connectivity index (χ2n) is 7.09. The molecule has 1 aliphatic rings. The maximum Gasteiger partial charge on any atom is 0.313 e. The average Bonchev–Trinajstić information content (AvgIpc) is 3.20. The van der Waals surface area contributed by atoms with Crippen molar-refractivity contribution in [3.05, 3.63) is 60.2 Å². The van der Waals surface area contributed by atoms with E-state index in [1.807, 2.05) is 24.3 Å². The van der Waals surface area contributed by atoms with Crippen LogP contribution in [0.4, 0.5) is 15.8 Å². The molecule has 1 amide bonds. The molecular formula is C21H21FN4O2. The molecule has 0 bridgehead atoms. The van der Waals surface area contributed by atoms with E-state index in [9.17, 15) is 9.18 Å². The van der Waals surface area contributed by atoms with Gasteiger partial charge in [-0.2, -0.15) is 0 Å². The van der Waals surface area contributed by atoms with Gasteiger partial charge in [-0.05, 0) is 61.2 Å². The summed E-state index contributed by atoms with van der Waals surface area (Å²) in [6.45, 7) is 4.39. The minimum Gasteiger partial charge on any atom is -0.412 e. The number of hydrogen-bond acceptors (Lipinski definition) is 5. The SMILES string of the molecule is CC1CCN(c2ccc(NC(=O)c3nnc(-c4cccc(F)c4)o3)cc2)CC1. The van der Waals surface area contributed by atoms with Crippen LogP contribution in [0.25, 0.3) is 11.5 Å². The van der Waals surface area contributed by atoms with Crippen molar-refractivity contribution in [2.45, 2.75) is 19.8 Å². The van der Waals surface area contributed by atoms with Crippen LogP contribution in [0.5, 0.6) is 0 Å². The van der Waals surface area contributed by atoms with Gasteiger partial charge in [0.05, 0.1) is 0 Å². The summed E-state index contributed by atoms with van der Waals surface area (Å²) < 4.78 is 18.7. The van der Waals surface area contributed by atoms with E-state index in [0.29, 0.717) is 11.3 Å². The monoisotopic (exact) mass is 380 g/mol. The highest BCUT2D eigenvalue weighted by molar-refractivity contribution is 6.01. The lowest BCUT2D eigenvalue weighted by Gasteiger charge is -2.32. The van der Waals surface area contributed by atoms with E-state index in [0.717, 1.165) is 24.7 Å². The molecule has 144 valence electrons. The summed E-state index contributed by atoms with van der Waals surface area (Å²) in [4.78, 5) is 14.7. The molecule has 0 radical (unpaired) electrons. The largest absolute Gasteiger partial charge is 0.412 e. The predicted molar refractivity (Wildman–Crippen MR) is 105 cm³/mol. The Hall–Kier alpha value is -3.22. The fourth-order valence-electron chi connectivity index (χ4n) is 3.26. The van der Waals surface area contributed by atoms with Gasteiger partial charge in [-0.3, -0.25) is 4.79 Å². The standard InChI is InChI=1S/C21H21FN4O2/c1-14-9-11-26(12-10-14)18-7-5-17(6-8-18)23-19(27)21-25-24-20(28-21)15-3-2-4-16(22)13-15/h2-8,13-14H,9-12H2,1H3,(H,23,27). The molecule has 28 heavy (non-hydrogen) atoms. The van der Waals surface area contributed by atoms with Crippen molar-refractivity contribution in [1.29, 1.82) is 0 Å². The van der Waals surface area contributed by atoms with Gasteiger partial charge >= 0.3 is 11.8 Å². The first kappa shape index (κ1) is 18.2. The summed E-state index contributed by atoms with van der Waals surface area (Å²) >= 11 is 0. The number of nitrogens with zero attached hydrogens (tertiary/aromatic N) is 3. The van der Waals surface area contributed by atoms with Crippen LogP contribution in [0.3, 0.4) is 0 Å². The zero-order valence-corrected chi connectivity index (χ0v) is 15.6. The molecule has 1 aliphatic heterocycles. The van der Waals surface area contributed by atoms with E-state index < -0.39 is 11.7 Å². The molecule has 1 N–H and O–H groups in total. The first-order valence-corrected chi connectivity index (χ1v) is 9.34. The van der Waals surface area contributed by atoms with E-state index in [1.54, 1.807) is 12.1 Å². The molecule has 2 heterocycles. The molecule has 0 saturated carbocycles. The normalized spacial score (nSPS) is 14.9. The molecule has 7 heteroatoms. The Labute approximate surface area is 162 Å². The first-order chi connectivity index (χ1) is 13.6. The van der Waals surface area contributed by atoms with Gasteiger partial charge in [0.1, 0.15) is 5.82 Å². The topological polar surface area (TPSA) is 71.3 Å². The van der Waals surface area contributed by atoms with E-state index >= 15 is 0 Å². The third-order valence-electron chi connectivity index (χ3n) is 4.96. The van der Waals surface area contributed by atoms with Crippen molar-refractivity contribution in [2.75, 3.05) is 23.3 Å². The molecular weight excluding hydrogens is 359 g/mol. The van der Waals surface area contributed by atoms with Gasteiger partial charge in [-0.15, -0.1) is 10.2 Å². The smallest absolute Gasteiger partial charge is 0.313 e. The summed E-state index contributed by atoms with van der Waals surface area (Å²) in [7, 11) is 0. The number of halogens is 1. The molecule has 0 atom stereocenters. The van der Waals surface area contributed by atoms with Crippen LogP contribution in [-0.2, 0) is 0 Å². The zero-order chi connectivity index (χ0) is 19.5. The Morgan fingerprint density at radius 2 is 1.89 bits per heavy atom. The average molecular weight is 380 g/mol. The summed E-state index contributed by atoms with van der Waals surface area (Å²) in [5.41, 5.74) is 2.22. The Balaban J connectivity index is 1.41. The number of carbonyl (C=O) groups is 1. The summed E-state index contributed by atoms with van der Waals surface area (Å²) in [5.74, 6) is -0.214. The minimum atomic E-state index is -0.505. The summed E-state index contributed by atoms with van der Waals surface area (Å²) in [6.07, 6.45) is 2.40. The maximum absolute atomic E-state index is 13.3. The molecule has 6 nitrogen and oxygen atoms in total. The fraction of sp³-hybridized carbons (Fsp3) is 0.286. The van der Waals surface area contributed by atoms with Crippen LogP contribution in [0.2, 0.25) is 0 Å². The van der Waals surface area contributed by atoms with Crippen LogP contribution in [-0.4, -0.2) is 29.2 Å². The minimum absolute atomic E-state index is 0.0966. The van der Waals surface area contributed by atoms with Crippen molar-refractivity contribution in [2.24, 2.45) is 5.92 Å². The molecule has 2 aromatic carbocycles. The number of aromatic nitrogens is 2. The van der Waals surface area contributed by atoms with Crippen LogP contribution in [0.15, 0.2) is 52.9 Å². The third-order valence-corrected chi connectivity index (χ3v) is 4.96. The molecule has 1 aromatic heterocycles. The van der Waals surface area contributed by atoms with Crippen molar-refractivity contribution in [3.8, 4) is 11.5 Å². The van der Waals surface area contributed by atoms with E-state index in [4.69, 9.17) is 4.42 Å². The van der Waals surface area contributed by atoms with Gasteiger partial charge in [-0.1, -0.05) is 13.0 Å². The van der Waals surface area contributed by atoms with Crippen LogP contribution in [0.1, 0.15) is 30.5 Å². The van der Waals surface area contributed by atoms with Gasteiger partial charge in [-0.25, -0.2) is 4.39 Å². The van der Waals surface area contributed by atoms with E-state index in [1.165, 1.54) is 25.0 Å². The zero-order valence-electron chi connectivity index (χ0n) is 15.6. The first-order valence-electron chi connectivity index (χ1n) is 9.34. The lowest BCUT2D eigenvalue weighted by molar-refractivity contribution is 0.0991. The van der Waals surface area contributed by atoms with Crippen LogP contribution in [0, 0.1) is 11.7 Å². The number of piperidine rings is 1. The second-order valence-corrected chi connectivity index (χ2v) is 7.09. The number of amides is 1. The molecule has 0 spiro atoms. The highest BCUT2D eigenvalue weighted by Crippen LogP contribution is 2.24. The van der Waals surface area contributed by atoms with Gasteiger partial charge in [0.15, 0.2) is 0 Å². The lowest BCUT2D eigenvalue weighted by atomic mass is 9.99. The highest BCUT2D eigenvalue weighted by Gasteiger charge is 2.18. The van der Waals surface area contributed by atoms with Crippen molar-refractivity contribution < 1.29 is 13.6 Å². The highest BCUT2D eigenvalue weighted by atomic mass is 19.1. The van der Waals surface area contributed by atoms with Crippen LogP contribution >= 0.6 is 0 Å². The summed E-state index contributed by atoms with van der Waals surface area (Å²) in [5, 5.41) is 10.3. The third kappa shape index (κ3) is 4.03. The van der Waals surface area contributed by atoms with Gasteiger partial charge in [0.25, 0.3) is 0 Å². The maximum atomic E-state index is 13.3. The van der Waals surface area contributed by atoms with E-state index in [-0.39, 0.29) is 11.8 Å². The van der Waals surface area contributed by atoms with Crippen molar-refractivity contribution in [3.63, 3.8) is 0 Å². The molecule has 3 aromatic rings. The Morgan fingerprint density at radius 3 is 2.61 bits per heavy atom. The Morgan fingerprint density at radius 1 is 1.14 bits per heavy atom. The van der Waals surface area contributed by atoms with Crippen LogP contribution < -0.4 is 10.2 Å². The Kier molecular flexibility index (Phi) is 5.06. The van der Waals surface area contributed by atoms with Crippen molar-refractivity contribution >= 4 is 17.3 Å². The number of carbonyl (C=O) groups excluding carboxylic acids is 1. The molecule has 0 aliphatic carbocycles. The number of hydrogen-bond donors (Lipinski definition) is 1. The molecule has 0 unspecified atom stereocenters. The lowest BCUT2D eigenvalue weighted by Crippen LogP contribution is -2.32. The second kappa shape index (κ2) is 7.80. The number of anilines is 2. The summed E-state index contributed by atoms with van der Waals surface area (Å²) in [6, 6.07) is 13.5.